The molecule has 2 aromatic rings. The highest BCUT2D eigenvalue weighted by Crippen LogP contribution is 2.34. The molecule has 10 nitrogen and oxygen atoms in total. The van der Waals surface area contributed by atoms with Crippen LogP contribution in [0.5, 0.6) is 0 Å². The van der Waals surface area contributed by atoms with E-state index >= 15 is 0 Å². The van der Waals surface area contributed by atoms with E-state index in [9.17, 15) is 28.1 Å². The van der Waals surface area contributed by atoms with Gasteiger partial charge in [-0.25, -0.2) is 9.48 Å². The van der Waals surface area contributed by atoms with Crippen LogP contribution in [0.15, 0.2) is 28.3 Å². The Kier molecular flexibility index (Phi) is 3.28. The van der Waals surface area contributed by atoms with E-state index in [0.29, 0.717) is 0 Å². The number of carboxylic acids is 1. The predicted molar refractivity (Wildman–Crippen MR) is 67.9 cm³/mol. The molecule has 3 heterocycles. The minimum atomic E-state index is -4.85. The number of allylic oxidation sites excluding steroid dienone is 1. The summed E-state index contributed by atoms with van der Waals surface area (Å²) in [5, 5.41) is 25.2. The van der Waals surface area contributed by atoms with Crippen molar-refractivity contribution in [3.63, 3.8) is 0 Å². The molecule has 1 aliphatic rings. The number of aliphatic carboxylic acids is 1. The SMILES string of the molecule is O=C(O)C1=C[C@@H](c2ccc([N+](=O)[O-])o2)n2nc(C(F)(F)F)nc2N1. The van der Waals surface area contributed by atoms with Crippen LogP contribution in [0.25, 0.3) is 0 Å². The van der Waals surface area contributed by atoms with Crippen molar-refractivity contribution >= 4 is 17.8 Å². The van der Waals surface area contributed by atoms with Crippen LogP contribution in [0.1, 0.15) is 17.6 Å². The van der Waals surface area contributed by atoms with Gasteiger partial charge in [0.2, 0.25) is 5.95 Å². The number of fused-ring (bicyclic) bond motifs is 1. The van der Waals surface area contributed by atoms with Crippen LogP contribution in [-0.2, 0) is 11.0 Å². The molecule has 1 aliphatic heterocycles. The second-order valence-corrected chi connectivity index (χ2v) is 4.59. The van der Waals surface area contributed by atoms with Crippen molar-refractivity contribution in [2.45, 2.75) is 12.2 Å². The van der Waals surface area contributed by atoms with E-state index < -0.39 is 46.5 Å². The Labute approximate surface area is 129 Å². The molecule has 126 valence electrons. The molecule has 0 bridgehead atoms. The smallest absolute Gasteiger partial charge is 0.453 e. The fourth-order valence-electron chi connectivity index (χ4n) is 2.04. The van der Waals surface area contributed by atoms with Crippen molar-refractivity contribution in [1.82, 2.24) is 14.8 Å². The maximum atomic E-state index is 12.8. The Balaban J connectivity index is 2.11. The number of nitrogens with one attached hydrogen (secondary N) is 1. The average Bonchev–Trinajstić information content (AvgIpc) is 3.12. The number of rotatable bonds is 3. The number of carboxylic acid groups (broad SMARTS) is 1. The zero-order valence-corrected chi connectivity index (χ0v) is 11.3. The first-order valence-electron chi connectivity index (χ1n) is 6.17. The van der Waals surface area contributed by atoms with E-state index in [-0.39, 0.29) is 5.76 Å². The topological polar surface area (TPSA) is 136 Å². The summed E-state index contributed by atoms with van der Waals surface area (Å²) in [6, 6.07) is 0.889. The second kappa shape index (κ2) is 5.07. The lowest BCUT2D eigenvalue weighted by molar-refractivity contribution is -0.402. The number of anilines is 1. The van der Waals surface area contributed by atoms with Gasteiger partial charge in [-0.05, 0) is 12.1 Å². The third-order valence-corrected chi connectivity index (χ3v) is 3.03. The maximum Gasteiger partial charge on any atom is 0.453 e. The highest BCUT2D eigenvalue weighted by Gasteiger charge is 2.40. The Morgan fingerprint density at radius 1 is 1.46 bits per heavy atom. The van der Waals surface area contributed by atoms with Crippen LogP contribution in [-0.4, -0.2) is 30.8 Å². The molecule has 0 aliphatic carbocycles. The molecule has 0 fully saturated rings. The summed E-state index contributed by atoms with van der Waals surface area (Å²) in [6.07, 6.45) is -3.85. The first kappa shape index (κ1) is 15.5. The van der Waals surface area contributed by atoms with Gasteiger partial charge in [-0.3, -0.25) is 10.1 Å². The van der Waals surface area contributed by atoms with Gasteiger partial charge in [0.25, 0.3) is 5.82 Å². The summed E-state index contributed by atoms with van der Waals surface area (Å²) in [7, 11) is 0. The van der Waals surface area contributed by atoms with Crippen molar-refractivity contribution in [3.05, 3.63) is 45.6 Å². The fraction of sp³-hybridized carbons (Fsp3) is 0.182. The van der Waals surface area contributed by atoms with Gasteiger partial charge in [-0.2, -0.15) is 18.2 Å². The minimum absolute atomic E-state index is 0.165. The molecule has 2 aromatic heterocycles. The van der Waals surface area contributed by atoms with E-state index in [1.165, 1.54) is 0 Å². The second-order valence-electron chi connectivity index (χ2n) is 4.59. The Morgan fingerprint density at radius 2 is 2.17 bits per heavy atom. The first-order valence-corrected chi connectivity index (χ1v) is 6.17. The summed E-state index contributed by atoms with van der Waals surface area (Å²) in [5.74, 6) is -4.24. The van der Waals surface area contributed by atoms with Crippen LogP contribution in [0.4, 0.5) is 25.0 Å². The molecule has 2 N–H and O–H groups in total. The lowest BCUT2D eigenvalue weighted by Gasteiger charge is -2.20. The third kappa shape index (κ3) is 2.55. The minimum Gasteiger partial charge on any atom is -0.477 e. The van der Waals surface area contributed by atoms with Gasteiger partial charge in [0.05, 0.1) is 6.07 Å². The van der Waals surface area contributed by atoms with Gasteiger partial charge >= 0.3 is 18.0 Å². The summed E-state index contributed by atoms with van der Waals surface area (Å²) in [5.41, 5.74) is -0.465. The number of nitro groups is 1. The van der Waals surface area contributed by atoms with Crippen LogP contribution in [0, 0.1) is 10.1 Å². The van der Waals surface area contributed by atoms with E-state index in [1.807, 2.05) is 0 Å². The van der Waals surface area contributed by atoms with Gasteiger partial charge in [0, 0.05) is 0 Å². The number of hydrogen-bond donors (Lipinski definition) is 2. The lowest BCUT2D eigenvalue weighted by atomic mass is 10.1. The average molecular weight is 345 g/mol. The largest absolute Gasteiger partial charge is 0.477 e. The van der Waals surface area contributed by atoms with Gasteiger partial charge in [-0.15, -0.1) is 5.10 Å². The molecule has 24 heavy (non-hydrogen) atoms. The molecule has 0 unspecified atom stereocenters. The Bertz CT molecular complexity index is 868. The molecule has 0 amide bonds. The summed E-state index contributed by atoms with van der Waals surface area (Å²) in [4.78, 5) is 24.1. The molecule has 3 rings (SSSR count). The zero-order chi connectivity index (χ0) is 17.6. The highest BCUT2D eigenvalue weighted by molar-refractivity contribution is 5.90. The summed E-state index contributed by atoms with van der Waals surface area (Å²) < 4.78 is 43.9. The first-order chi connectivity index (χ1) is 11.2. The van der Waals surface area contributed by atoms with E-state index in [4.69, 9.17) is 9.52 Å². The van der Waals surface area contributed by atoms with Gasteiger partial charge < -0.3 is 14.8 Å². The van der Waals surface area contributed by atoms with E-state index in [0.717, 1.165) is 22.9 Å². The van der Waals surface area contributed by atoms with Crippen molar-refractivity contribution < 1.29 is 32.4 Å². The molecule has 0 saturated carbocycles. The van der Waals surface area contributed by atoms with Gasteiger partial charge in [-0.1, -0.05) is 0 Å². The molecular formula is C11H6F3N5O5. The number of aromatic nitrogens is 3. The van der Waals surface area contributed by atoms with Gasteiger partial charge in [0.15, 0.2) is 0 Å². The normalized spacial score (nSPS) is 17.0. The molecule has 0 spiro atoms. The highest BCUT2D eigenvalue weighted by atomic mass is 19.4. The van der Waals surface area contributed by atoms with Gasteiger partial charge in [0.1, 0.15) is 22.4 Å². The third-order valence-electron chi connectivity index (χ3n) is 3.03. The maximum absolute atomic E-state index is 12.8. The van der Waals surface area contributed by atoms with Crippen molar-refractivity contribution in [2.24, 2.45) is 0 Å². The fourth-order valence-corrected chi connectivity index (χ4v) is 2.04. The van der Waals surface area contributed by atoms with Crippen molar-refractivity contribution in [1.29, 1.82) is 0 Å². The van der Waals surface area contributed by atoms with Crippen LogP contribution in [0.2, 0.25) is 0 Å². The van der Waals surface area contributed by atoms with E-state index in [1.54, 1.807) is 0 Å². The number of hydrogen-bond acceptors (Lipinski definition) is 7. The number of furan rings is 1. The molecule has 0 radical (unpaired) electrons. The van der Waals surface area contributed by atoms with Crippen molar-refractivity contribution in [3.8, 4) is 0 Å². The number of alkyl halides is 3. The summed E-state index contributed by atoms with van der Waals surface area (Å²) in [6.45, 7) is 0. The van der Waals surface area contributed by atoms with Crippen molar-refractivity contribution in [2.75, 3.05) is 5.32 Å². The molecule has 0 saturated heterocycles. The standard InChI is InChI=1S/C11H6F3N5O5/c12-11(13,14)9-16-10-15-4(8(20)21)3-5(18(10)17-9)6-1-2-7(24-6)19(22)23/h1-3,5H,(H,20,21)(H,15,16,17)/t5-/m0/s1. The lowest BCUT2D eigenvalue weighted by Crippen LogP contribution is -2.24. The molecule has 1 atom stereocenters. The number of nitrogens with zero attached hydrogens (tertiary/aromatic N) is 4. The summed E-state index contributed by atoms with van der Waals surface area (Å²) >= 11 is 0. The van der Waals surface area contributed by atoms with E-state index in [2.05, 4.69) is 15.4 Å². The molecule has 13 heteroatoms. The van der Waals surface area contributed by atoms with Crippen LogP contribution in [0.3, 0.4) is 0 Å². The predicted octanol–water partition coefficient (Wildman–Crippen LogP) is 1.78. The molecular weight excluding hydrogens is 339 g/mol. The van der Waals surface area contributed by atoms with Crippen LogP contribution >= 0.6 is 0 Å². The molecule has 0 aromatic carbocycles. The quantitative estimate of drug-likeness (QED) is 0.634. The Morgan fingerprint density at radius 3 is 2.71 bits per heavy atom. The zero-order valence-electron chi connectivity index (χ0n) is 11.3. The number of carbonyl (C=O) groups is 1. The number of halogens is 3. The monoisotopic (exact) mass is 345 g/mol. The Hall–Kier alpha value is -3.38. The van der Waals surface area contributed by atoms with Crippen LogP contribution < -0.4 is 5.32 Å².